The summed E-state index contributed by atoms with van der Waals surface area (Å²) in [6.07, 6.45) is 8.31. The first-order chi connectivity index (χ1) is 14.3. The molecule has 0 saturated carbocycles. The van der Waals surface area contributed by atoms with Gasteiger partial charge in [-0.15, -0.1) is 0 Å². The molecule has 3 heterocycles. The zero-order valence-corrected chi connectivity index (χ0v) is 16.2. The molecule has 1 atom stereocenters. The fourth-order valence-electron chi connectivity index (χ4n) is 3.59. The number of rotatable bonds is 6. The van der Waals surface area contributed by atoms with Crippen LogP contribution in [-0.2, 0) is 12.8 Å². The van der Waals surface area contributed by atoms with E-state index in [-0.39, 0.29) is 6.03 Å². The topological polar surface area (TPSA) is 97.0 Å². The van der Waals surface area contributed by atoms with Crippen molar-refractivity contribution in [1.29, 1.82) is 0 Å². The average Bonchev–Trinajstić information content (AvgIpc) is 3.24. The van der Waals surface area contributed by atoms with Gasteiger partial charge >= 0.3 is 6.03 Å². The number of likely N-dealkylation sites (tertiary alicyclic amines) is 1. The highest BCUT2D eigenvalue weighted by Gasteiger charge is 2.25. The van der Waals surface area contributed by atoms with E-state index in [4.69, 9.17) is 4.52 Å². The fraction of sp³-hybridized carbons (Fsp3) is 0.381. The first-order valence-electron chi connectivity index (χ1n) is 9.93. The van der Waals surface area contributed by atoms with Crippen molar-refractivity contribution in [1.82, 2.24) is 30.3 Å². The summed E-state index contributed by atoms with van der Waals surface area (Å²) >= 11 is 0. The van der Waals surface area contributed by atoms with Crippen LogP contribution in [0.3, 0.4) is 0 Å². The quantitative estimate of drug-likeness (QED) is 0.693. The van der Waals surface area contributed by atoms with Crippen LogP contribution in [0.2, 0.25) is 0 Å². The lowest BCUT2D eigenvalue weighted by atomic mass is 9.95. The van der Waals surface area contributed by atoms with Crippen LogP contribution >= 0.6 is 0 Å². The molecule has 1 fully saturated rings. The molecule has 0 aliphatic carbocycles. The number of piperidine rings is 1. The van der Waals surface area contributed by atoms with E-state index < -0.39 is 0 Å². The normalized spacial score (nSPS) is 16.6. The van der Waals surface area contributed by atoms with Crippen LogP contribution in [0, 0.1) is 5.92 Å². The molecule has 4 rings (SSSR count). The van der Waals surface area contributed by atoms with Gasteiger partial charge in [0.15, 0.2) is 0 Å². The molecule has 0 unspecified atom stereocenters. The second-order valence-electron chi connectivity index (χ2n) is 7.23. The van der Waals surface area contributed by atoms with Crippen molar-refractivity contribution in [2.45, 2.75) is 25.7 Å². The summed E-state index contributed by atoms with van der Waals surface area (Å²) in [4.78, 5) is 27.0. The molecule has 8 nitrogen and oxygen atoms in total. The summed E-state index contributed by atoms with van der Waals surface area (Å²) in [7, 11) is 0. The zero-order chi connectivity index (χ0) is 19.9. The number of nitrogens with one attached hydrogen (secondary N) is 1. The maximum Gasteiger partial charge on any atom is 0.317 e. The Balaban J connectivity index is 1.27. The SMILES string of the molecule is O=C(NCCc1ccccc1)N1CCC[C@@H](Cc2nc(-c3cnccn3)no2)C1. The Bertz CT molecular complexity index is 915. The molecular weight excluding hydrogens is 368 g/mol. The minimum absolute atomic E-state index is 0.00332. The van der Waals surface area contributed by atoms with Gasteiger partial charge in [0.2, 0.25) is 11.7 Å². The number of hydrogen-bond acceptors (Lipinski definition) is 6. The lowest BCUT2D eigenvalue weighted by molar-refractivity contribution is 0.162. The van der Waals surface area contributed by atoms with Crippen molar-refractivity contribution in [2.75, 3.05) is 19.6 Å². The predicted octanol–water partition coefficient (Wildman–Crippen LogP) is 2.73. The Kier molecular flexibility index (Phi) is 6.09. The zero-order valence-electron chi connectivity index (χ0n) is 16.2. The van der Waals surface area contributed by atoms with Crippen molar-refractivity contribution >= 4 is 6.03 Å². The van der Waals surface area contributed by atoms with Crippen LogP contribution < -0.4 is 5.32 Å². The smallest absolute Gasteiger partial charge is 0.317 e. The second-order valence-corrected chi connectivity index (χ2v) is 7.23. The van der Waals surface area contributed by atoms with Crippen molar-refractivity contribution in [2.24, 2.45) is 5.92 Å². The van der Waals surface area contributed by atoms with Crippen LogP contribution in [0.15, 0.2) is 53.4 Å². The van der Waals surface area contributed by atoms with Gasteiger partial charge in [-0.1, -0.05) is 35.5 Å². The molecule has 3 aromatic rings. The van der Waals surface area contributed by atoms with Crippen molar-refractivity contribution in [3.63, 3.8) is 0 Å². The minimum Gasteiger partial charge on any atom is -0.339 e. The molecular formula is C21H24N6O2. The summed E-state index contributed by atoms with van der Waals surface area (Å²) in [6.45, 7) is 2.11. The van der Waals surface area contributed by atoms with Gasteiger partial charge < -0.3 is 14.7 Å². The first-order valence-corrected chi connectivity index (χ1v) is 9.93. The molecule has 0 spiro atoms. The first kappa shape index (κ1) is 19.0. The number of urea groups is 1. The fourth-order valence-corrected chi connectivity index (χ4v) is 3.59. The Morgan fingerprint density at radius 1 is 1.24 bits per heavy atom. The highest BCUT2D eigenvalue weighted by atomic mass is 16.5. The third-order valence-electron chi connectivity index (χ3n) is 5.06. The number of nitrogens with zero attached hydrogens (tertiary/aromatic N) is 5. The van der Waals surface area contributed by atoms with E-state index in [0.29, 0.717) is 42.8 Å². The van der Waals surface area contributed by atoms with Gasteiger partial charge in [0.1, 0.15) is 5.69 Å². The Hall–Kier alpha value is -3.29. The number of benzene rings is 1. The Morgan fingerprint density at radius 3 is 2.97 bits per heavy atom. The number of amides is 2. The molecule has 150 valence electrons. The molecule has 1 aliphatic rings. The predicted molar refractivity (Wildman–Crippen MR) is 107 cm³/mol. The van der Waals surface area contributed by atoms with Gasteiger partial charge in [-0.3, -0.25) is 4.98 Å². The van der Waals surface area contributed by atoms with Crippen LogP contribution in [0.25, 0.3) is 11.5 Å². The van der Waals surface area contributed by atoms with E-state index in [1.54, 1.807) is 18.6 Å². The number of carbonyl (C=O) groups excluding carboxylic acids is 1. The lowest BCUT2D eigenvalue weighted by Crippen LogP contribution is -2.46. The van der Waals surface area contributed by atoms with E-state index in [1.165, 1.54) is 5.56 Å². The molecule has 0 radical (unpaired) electrons. The number of aromatic nitrogens is 4. The highest BCUT2D eigenvalue weighted by Crippen LogP contribution is 2.21. The van der Waals surface area contributed by atoms with Crippen molar-refractivity contribution in [3.8, 4) is 11.5 Å². The summed E-state index contributed by atoms with van der Waals surface area (Å²) in [5.74, 6) is 1.32. The maximum atomic E-state index is 12.5. The van der Waals surface area contributed by atoms with E-state index in [1.807, 2.05) is 23.1 Å². The van der Waals surface area contributed by atoms with Crippen LogP contribution in [0.5, 0.6) is 0 Å². The third-order valence-corrected chi connectivity index (χ3v) is 5.06. The van der Waals surface area contributed by atoms with E-state index in [9.17, 15) is 4.79 Å². The highest BCUT2D eigenvalue weighted by molar-refractivity contribution is 5.74. The molecule has 1 N–H and O–H groups in total. The molecule has 8 heteroatoms. The molecule has 0 bridgehead atoms. The molecule has 1 saturated heterocycles. The van der Waals surface area contributed by atoms with E-state index >= 15 is 0 Å². The summed E-state index contributed by atoms with van der Waals surface area (Å²) in [5, 5.41) is 7.03. The third kappa shape index (κ3) is 5.16. The van der Waals surface area contributed by atoms with Crippen molar-refractivity contribution in [3.05, 3.63) is 60.4 Å². The number of carbonyl (C=O) groups is 1. The van der Waals surface area contributed by atoms with Gasteiger partial charge in [0.05, 0.1) is 6.20 Å². The summed E-state index contributed by atoms with van der Waals surface area (Å²) in [6, 6.07) is 10.2. The standard InChI is InChI=1S/C21H24N6O2/c28-21(24-9-8-16-5-2-1-3-6-16)27-12-4-7-17(15-27)13-19-25-20(26-29-19)18-14-22-10-11-23-18/h1-3,5-6,10-11,14,17H,4,7-9,12-13,15H2,(H,24,28)/t17-/m0/s1. The average molecular weight is 392 g/mol. The number of hydrogen-bond donors (Lipinski definition) is 1. The van der Waals surface area contributed by atoms with Crippen LogP contribution in [-0.4, -0.2) is 50.7 Å². The molecule has 1 aliphatic heterocycles. The second kappa shape index (κ2) is 9.27. The summed E-state index contributed by atoms with van der Waals surface area (Å²) < 4.78 is 5.38. The van der Waals surface area contributed by atoms with Crippen LogP contribution in [0.1, 0.15) is 24.3 Å². The van der Waals surface area contributed by atoms with Gasteiger partial charge in [0, 0.05) is 38.4 Å². The van der Waals surface area contributed by atoms with Crippen LogP contribution in [0.4, 0.5) is 4.79 Å². The molecule has 29 heavy (non-hydrogen) atoms. The Morgan fingerprint density at radius 2 is 2.14 bits per heavy atom. The monoisotopic (exact) mass is 392 g/mol. The molecule has 1 aromatic carbocycles. The summed E-state index contributed by atoms with van der Waals surface area (Å²) in [5.41, 5.74) is 1.81. The molecule has 2 aromatic heterocycles. The van der Waals surface area contributed by atoms with Gasteiger partial charge in [-0.05, 0) is 30.7 Å². The lowest BCUT2D eigenvalue weighted by Gasteiger charge is -2.32. The van der Waals surface area contributed by atoms with E-state index in [2.05, 4.69) is 37.6 Å². The maximum absolute atomic E-state index is 12.5. The van der Waals surface area contributed by atoms with E-state index in [0.717, 1.165) is 25.8 Å². The van der Waals surface area contributed by atoms with Gasteiger partial charge in [-0.2, -0.15) is 4.98 Å². The van der Waals surface area contributed by atoms with Crippen molar-refractivity contribution < 1.29 is 9.32 Å². The largest absolute Gasteiger partial charge is 0.339 e. The van der Waals surface area contributed by atoms with Gasteiger partial charge in [0.25, 0.3) is 0 Å². The molecule has 2 amide bonds. The minimum atomic E-state index is -0.00332. The van der Waals surface area contributed by atoms with Gasteiger partial charge in [-0.25, -0.2) is 9.78 Å². The Labute approximate surface area is 169 Å².